The van der Waals surface area contributed by atoms with Crippen LogP contribution in [0.15, 0.2) is 109 Å². The summed E-state index contributed by atoms with van der Waals surface area (Å²) >= 11 is 0. The highest BCUT2D eigenvalue weighted by atomic mass is 127. The molecular formula is C43H46I2N4O12. The minimum atomic E-state index is -0.677. The minimum Gasteiger partial charge on any atom is -1.00 e. The molecule has 0 bridgehead atoms. The van der Waals surface area contributed by atoms with Gasteiger partial charge in [-0.2, -0.15) is 9.13 Å². The average molecular weight is 1060 g/mol. The molecule has 0 radical (unpaired) electrons. The van der Waals surface area contributed by atoms with Gasteiger partial charge in [0.1, 0.15) is 16.9 Å². The molecule has 16 nitrogen and oxygen atoms in total. The fraction of sp³-hybridized carbons (Fsp3) is 0.233. The van der Waals surface area contributed by atoms with Gasteiger partial charge in [0, 0.05) is 30.3 Å². The van der Waals surface area contributed by atoms with Gasteiger partial charge in [0.15, 0.2) is 53.6 Å². The number of pyridine rings is 2. The van der Waals surface area contributed by atoms with Crippen LogP contribution in [0.5, 0.6) is 23.0 Å². The Labute approximate surface area is 387 Å². The maximum atomic E-state index is 12.9. The third kappa shape index (κ3) is 17.2. The third-order valence-electron chi connectivity index (χ3n) is 7.65. The Bertz CT molecular complexity index is 2260. The molecule has 0 fully saturated rings. The lowest BCUT2D eigenvalue weighted by Crippen LogP contribution is -3.00. The number of methoxy groups -OCH3 is 2. The van der Waals surface area contributed by atoms with Crippen LogP contribution in [0.3, 0.4) is 0 Å². The minimum absolute atomic E-state index is 0. The van der Waals surface area contributed by atoms with E-state index < -0.39 is 29.9 Å². The Hall–Kier alpha value is -6.03. The summed E-state index contributed by atoms with van der Waals surface area (Å²) < 4.78 is 35.2. The van der Waals surface area contributed by atoms with E-state index in [0.29, 0.717) is 11.1 Å². The Morgan fingerprint density at radius 1 is 0.639 bits per heavy atom. The normalized spacial score (nSPS) is 11.0. The van der Waals surface area contributed by atoms with Gasteiger partial charge in [0.05, 0.1) is 14.2 Å². The van der Waals surface area contributed by atoms with Crippen molar-refractivity contribution < 1.29 is 115 Å². The summed E-state index contributed by atoms with van der Waals surface area (Å²) in [6.07, 6.45) is 11.7. The summed E-state index contributed by atoms with van der Waals surface area (Å²) in [6, 6.07) is 15.6. The molecule has 0 atom stereocenters. The second-order valence-electron chi connectivity index (χ2n) is 13.2. The number of aliphatic hydroxyl groups is 1. The lowest BCUT2D eigenvalue weighted by atomic mass is 10.1. The van der Waals surface area contributed by atoms with Crippen molar-refractivity contribution in [2.24, 2.45) is 0 Å². The number of ether oxygens (including phenoxy) is 6. The SMILES string of the molecule is COc1cc(C=CC(=O)C=C(O)C=Cc2ccc(OC(=O)c3ccc[n+](COC(=O)NC(C)C)c3)c(OC)c2)ccc1OC(=O)c1ccc[n+](COC(=O)NC(C)C)c1.[I-].[I-]. The predicted octanol–water partition coefficient (Wildman–Crippen LogP) is -0.353. The number of hydrogen-bond acceptors (Lipinski definition) is 12. The number of hydrogen-bond donors (Lipinski definition) is 3. The zero-order valence-electron chi connectivity index (χ0n) is 34.1. The van der Waals surface area contributed by atoms with Crippen LogP contribution < -0.4 is 86.7 Å². The zero-order valence-corrected chi connectivity index (χ0v) is 38.4. The van der Waals surface area contributed by atoms with Crippen LogP contribution in [0.1, 0.15) is 59.5 Å². The second-order valence-corrected chi connectivity index (χ2v) is 13.2. The van der Waals surface area contributed by atoms with E-state index >= 15 is 0 Å². The highest BCUT2D eigenvalue weighted by Crippen LogP contribution is 2.30. The number of carbonyl (C=O) groups excluding carboxylic acids is 5. The van der Waals surface area contributed by atoms with Crippen LogP contribution in [0.4, 0.5) is 9.59 Å². The molecule has 324 valence electrons. The number of rotatable bonds is 17. The van der Waals surface area contributed by atoms with Crippen molar-refractivity contribution >= 4 is 42.1 Å². The molecule has 2 aromatic heterocycles. The van der Waals surface area contributed by atoms with E-state index in [4.69, 9.17) is 28.4 Å². The fourth-order valence-electron chi connectivity index (χ4n) is 4.93. The lowest BCUT2D eigenvalue weighted by Gasteiger charge is -2.10. The Morgan fingerprint density at radius 3 is 1.48 bits per heavy atom. The summed E-state index contributed by atoms with van der Waals surface area (Å²) in [5.74, 6) is -1.46. The number of aliphatic hydroxyl groups excluding tert-OH is 1. The van der Waals surface area contributed by atoms with Gasteiger partial charge in [0.25, 0.3) is 13.5 Å². The number of alkyl carbamates (subject to hydrolysis) is 2. The van der Waals surface area contributed by atoms with E-state index in [2.05, 4.69) is 10.6 Å². The lowest BCUT2D eigenvalue weighted by molar-refractivity contribution is -0.727. The van der Waals surface area contributed by atoms with Crippen LogP contribution in [0.2, 0.25) is 0 Å². The topological polar surface area (TPSA) is 193 Å². The summed E-state index contributed by atoms with van der Waals surface area (Å²) in [5.41, 5.74) is 1.52. The van der Waals surface area contributed by atoms with E-state index in [-0.39, 0.29) is 113 Å². The standard InChI is InChI=1S/C43H44N4O12.2HI/c1-28(2)44-42(52)56-26-46-19-7-9-32(24-46)40(50)58-36-17-13-30(21-38(36)54-5)11-15-34(48)23-35(49)16-12-31-14-18-37(39(22-31)55-6)59-41(51)33-10-8-20-47(25-33)27-57-43(53)45-29(3)4;;/h7-25,28-29H,26-27H2,1-6H3,(H-2,44,45,48,49,52,53);2*1H. The molecular weight excluding hydrogens is 1020 g/mol. The van der Waals surface area contributed by atoms with Gasteiger partial charge in [-0.05, 0) is 87.4 Å². The zero-order chi connectivity index (χ0) is 42.9. The molecule has 0 saturated heterocycles. The summed E-state index contributed by atoms with van der Waals surface area (Å²) in [4.78, 5) is 62.1. The molecule has 0 aliphatic rings. The van der Waals surface area contributed by atoms with Gasteiger partial charge in [0.2, 0.25) is 0 Å². The van der Waals surface area contributed by atoms with Gasteiger partial charge in [-0.1, -0.05) is 24.3 Å². The first-order valence-corrected chi connectivity index (χ1v) is 18.2. The molecule has 61 heavy (non-hydrogen) atoms. The number of esters is 2. The highest BCUT2D eigenvalue weighted by Gasteiger charge is 2.19. The van der Waals surface area contributed by atoms with E-state index in [0.717, 1.165) is 6.08 Å². The monoisotopic (exact) mass is 1060 g/mol. The third-order valence-corrected chi connectivity index (χ3v) is 7.65. The number of aromatic nitrogens is 2. The van der Waals surface area contributed by atoms with Crippen molar-refractivity contribution in [1.29, 1.82) is 0 Å². The Morgan fingerprint density at radius 2 is 1.07 bits per heavy atom. The number of benzene rings is 2. The summed E-state index contributed by atoms with van der Waals surface area (Å²) in [6.45, 7) is 6.99. The largest absolute Gasteiger partial charge is 1.00 e. The number of carbonyl (C=O) groups is 5. The van der Waals surface area contributed by atoms with Crippen molar-refractivity contribution in [1.82, 2.24) is 10.6 Å². The van der Waals surface area contributed by atoms with Crippen molar-refractivity contribution in [2.75, 3.05) is 14.2 Å². The molecule has 0 aliphatic carbocycles. The van der Waals surface area contributed by atoms with E-state index in [1.165, 1.54) is 72.2 Å². The predicted molar refractivity (Wildman–Crippen MR) is 212 cm³/mol. The van der Waals surface area contributed by atoms with Gasteiger partial charge >= 0.3 is 24.1 Å². The quantitative estimate of drug-likeness (QED) is 0.0237. The van der Waals surface area contributed by atoms with Crippen LogP contribution in [-0.2, 0) is 27.7 Å². The first kappa shape index (κ1) is 51.1. The number of allylic oxidation sites excluding steroid dienone is 3. The molecule has 18 heteroatoms. The van der Waals surface area contributed by atoms with Gasteiger partial charge in [-0.15, -0.1) is 0 Å². The van der Waals surface area contributed by atoms with Crippen LogP contribution >= 0.6 is 0 Å². The van der Waals surface area contributed by atoms with Crippen LogP contribution in [-0.4, -0.2) is 61.3 Å². The van der Waals surface area contributed by atoms with E-state index in [9.17, 15) is 29.1 Å². The van der Waals surface area contributed by atoms with Gasteiger partial charge < -0.3 is 92.1 Å². The Balaban J connectivity index is 0.00000641. The fourth-order valence-corrected chi connectivity index (χ4v) is 4.93. The number of halogens is 2. The maximum absolute atomic E-state index is 12.9. The van der Waals surface area contributed by atoms with Crippen molar-refractivity contribution in [3.05, 3.63) is 132 Å². The molecule has 4 aromatic rings. The van der Waals surface area contributed by atoms with Gasteiger partial charge in [-0.3, -0.25) is 4.79 Å². The molecule has 2 heterocycles. The van der Waals surface area contributed by atoms with Crippen molar-refractivity contribution in [3.8, 4) is 23.0 Å². The molecule has 0 spiro atoms. The number of amides is 2. The molecule has 0 unspecified atom stereocenters. The maximum Gasteiger partial charge on any atom is 0.412 e. The smallest absolute Gasteiger partial charge is 0.412 e. The molecule has 2 aromatic carbocycles. The van der Waals surface area contributed by atoms with Crippen LogP contribution in [0.25, 0.3) is 12.2 Å². The van der Waals surface area contributed by atoms with Crippen molar-refractivity contribution in [2.45, 2.75) is 53.2 Å². The summed E-state index contributed by atoms with van der Waals surface area (Å²) in [5, 5.41) is 15.6. The highest BCUT2D eigenvalue weighted by molar-refractivity contribution is 6.02. The van der Waals surface area contributed by atoms with Gasteiger partial charge in [-0.25, -0.2) is 19.2 Å². The molecule has 3 N–H and O–H groups in total. The molecule has 0 aliphatic heterocycles. The molecule has 2 amide bonds. The van der Waals surface area contributed by atoms with Crippen molar-refractivity contribution in [3.63, 3.8) is 0 Å². The number of nitrogens with one attached hydrogen (secondary N) is 2. The second kappa shape index (κ2) is 25.6. The van der Waals surface area contributed by atoms with Crippen LogP contribution in [0, 0.1) is 0 Å². The average Bonchev–Trinajstić information content (AvgIpc) is 3.21. The molecule has 0 saturated carbocycles. The van der Waals surface area contributed by atoms with E-state index in [1.54, 1.807) is 88.6 Å². The number of nitrogens with zero attached hydrogens (tertiary/aromatic N) is 2. The first-order chi connectivity index (χ1) is 28.2. The molecule has 4 rings (SSSR count). The summed E-state index contributed by atoms with van der Waals surface area (Å²) in [7, 11) is 2.81. The first-order valence-electron chi connectivity index (χ1n) is 18.2. The van der Waals surface area contributed by atoms with E-state index in [1.807, 2.05) is 0 Å². The number of ketones is 1. The Kier molecular flexibility index (Phi) is 21.4.